The molecule has 0 radical (unpaired) electrons. The van der Waals surface area contributed by atoms with Crippen molar-refractivity contribution in [2.24, 2.45) is 0 Å². The van der Waals surface area contributed by atoms with Crippen LogP contribution in [0.1, 0.15) is 13.3 Å². The molecule has 1 fully saturated rings. The lowest BCUT2D eigenvalue weighted by atomic mass is 10.3. The van der Waals surface area contributed by atoms with Gasteiger partial charge in [-0.25, -0.2) is 4.79 Å². The van der Waals surface area contributed by atoms with Crippen LogP contribution in [0.2, 0.25) is 0 Å². The summed E-state index contributed by atoms with van der Waals surface area (Å²) in [6.07, 6.45) is 0.554. The number of hydrogen-bond donors (Lipinski definition) is 0. The predicted molar refractivity (Wildman–Crippen MR) is 38.2 cm³/mol. The molecule has 0 spiro atoms. The van der Waals surface area contributed by atoms with Gasteiger partial charge in [0.15, 0.2) is 0 Å². The lowest BCUT2D eigenvalue weighted by Gasteiger charge is -2.06. The zero-order chi connectivity index (χ0) is 8.27. The van der Waals surface area contributed by atoms with E-state index in [2.05, 4.69) is 0 Å². The molecular weight excluding hydrogens is 146 g/mol. The number of rotatable bonds is 3. The summed E-state index contributed by atoms with van der Waals surface area (Å²) < 4.78 is 4.86. The molecule has 11 heavy (non-hydrogen) atoms. The lowest BCUT2D eigenvalue weighted by molar-refractivity contribution is -0.109. The molecule has 1 heterocycles. The Balaban J connectivity index is 2.42. The second-order valence-electron chi connectivity index (χ2n) is 2.45. The van der Waals surface area contributed by atoms with Crippen molar-refractivity contribution in [3.8, 4) is 0 Å². The van der Waals surface area contributed by atoms with Crippen molar-refractivity contribution >= 4 is 12.4 Å². The zero-order valence-corrected chi connectivity index (χ0v) is 6.45. The Hall–Kier alpha value is -1.06. The zero-order valence-electron chi connectivity index (χ0n) is 6.45. The third-order valence-electron chi connectivity index (χ3n) is 1.69. The van der Waals surface area contributed by atoms with Crippen LogP contribution in [0.4, 0.5) is 4.79 Å². The van der Waals surface area contributed by atoms with Crippen molar-refractivity contribution in [3.05, 3.63) is 0 Å². The molecule has 0 aromatic carbocycles. The fraction of sp³-hybridized carbons (Fsp3) is 0.714. The number of ether oxygens (including phenoxy) is 1. The molecule has 4 nitrogen and oxygen atoms in total. The van der Waals surface area contributed by atoms with Crippen LogP contribution < -0.4 is 0 Å². The minimum Gasteiger partial charge on any atom is -0.444 e. The SMILES string of the molecule is CCN1CC(CC=O)OC1=O. The first-order chi connectivity index (χ1) is 5.27. The Kier molecular flexibility index (Phi) is 2.46. The van der Waals surface area contributed by atoms with Gasteiger partial charge in [-0.3, -0.25) is 0 Å². The normalized spacial score (nSPS) is 23.5. The number of carbonyl (C=O) groups is 2. The van der Waals surface area contributed by atoms with Crippen molar-refractivity contribution in [2.45, 2.75) is 19.4 Å². The molecule has 0 bridgehead atoms. The van der Waals surface area contributed by atoms with Crippen molar-refractivity contribution < 1.29 is 14.3 Å². The number of aldehydes is 1. The summed E-state index contributed by atoms with van der Waals surface area (Å²) in [6, 6.07) is 0. The molecule has 1 aliphatic rings. The van der Waals surface area contributed by atoms with E-state index in [-0.39, 0.29) is 12.2 Å². The maximum atomic E-state index is 10.9. The molecule has 0 saturated carbocycles. The molecule has 0 N–H and O–H groups in total. The van der Waals surface area contributed by atoms with E-state index >= 15 is 0 Å². The largest absolute Gasteiger partial charge is 0.444 e. The average molecular weight is 157 g/mol. The van der Waals surface area contributed by atoms with Crippen molar-refractivity contribution in [1.82, 2.24) is 4.90 Å². The summed E-state index contributed by atoms with van der Waals surface area (Å²) >= 11 is 0. The van der Waals surface area contributed by atoms with E-state index in [1.165, 1.54) is 0 Å². The molecule has 4 heteroatoms. The minimum absolute atomic E-state index is 0.222. The van der Waals surface area contributed by atoms with Crippen molar-refractivity contribution in [2.75, 3.05) is 13.1 Å². The van der Waals surface area contributed by atoms with Crippen LogP contribution in [0.3, 0.4) is 0 Å². The van der Waals surface area contributed by atoms with E-state index in [0.29, 0.717) is 19.5 Å². The molecule has 1 amide bonds. The van der Waals surface area contributed by atoms with E-state index in [4.69, 9.17) is 4.74 Å². The van der Waals surface area contributed by atoms with Gasteiger partial charge in [-0.1, -0.05) is 0 Å². The molecule has 1 unspecified atom stereocenters. The highest BCUT2D eigenvalue weighted by molar-refractivity contribution is 5.70. The third-order valence-corrected chi connectivity index (χ3v) is 1.69. The summed E-state index contributed by atoms with van der Waals surface area (Å²) in [5.74, 6) is 0. The van der Waals surface area contributed by atoms with Gasteiger partial charge >= 0.3 is 6.09 Å². The summed E-state index contributed by atoms with van der Waals surface area (Å²) in [6.45, 7) is 3.08. The predicted octanol–water partition coefficient (Wildman–Crippen LogP) is 0.416. The Bertz CT molecular complexity index is 169. The highest BCUT2D eigenvalue weighted by Crippen LogP contribution is 2.11. The van der Waals surface area contributed by atoms with Gasteiger partial charge in [0, 0.05) is 13.0 Å². The van der Waals surface area contributed by atoms with Crippen LogP contribution in [0.5, 0.6) is 0 Å². The monoisotopic (exact) mass is 157 g/mol. The van der Waals surface area contributed by atoms with Crippen LogP contribution in [0.15, 0.2) is 0 Å². The van der Waals surface area contributed by atoms with Crippen LogP contribution >= 0.6 is 0 Å². The first-order valence-corrected chi connectivity index (χ1v) is 3.67. The van der Waals surface area contributed by atoms with E-state index in [1.807, 2.05) is 6.92 Å². The van der Waals surface area contributed by atoms with Gasteiger partial charge in [-0.15, -0.1) is 0 Å². The second-order valence-corrected chi connectivity index (χ2v) is 2.45. The van der Waals surface area contributed by atoms with Crippen molar-refractivity contribution in [1.29, 1.82) is 0 Å². The van der Waals surface area contributed by atoms with Crippen LogP contribution in [-0.4, -0.2) is 36.5 Å². The Morgan fingerprint density at radius 2 is 2.55 bits per heavy atom. The molecule has 1 saturated heterocycles. The third kappa shape index (κ3) is 1.69. The number of hydrogen-bond acceptors (Lipinski definition) is 3. The molecule has 62 valence electrons. The smallest absolute Gasteiger partial charge is 0.410 e. The Morgan fingerprint density at radius 1 is 1.82 bits per heavy atom. The summed E-state index contributed by atoms with van der Waals surface area (Å²) in [5.41, 5.74) is 0. The lowest BCUT2D eigenvalue weighted by Crippen LogP contribution is -2.24. The standard InChI is InChI=1S/C7H11NO3/c1-2-8-5-6(3-4-9)11-7(8)10/h4,6H,2-3,5H2,1H3. The molecule has 1 atom stereocenters. The average Bonchev–Trinajstić information content (AvgIpc) is 2.32. The summed E-state index contributed by atoms with van der Waals surface area (Å²) in [4.78, 5) is 22.5. The topological polar surface area (TPSA) is 46.6 Å². The van der Waals surface area contributed by atoms with Gasteiger partial charge in [0.2, 0.25) is 0 Å². The van der Waals surface area contributed by atoms with E-state index in [1.54, 1.807) is 4.90 Å². The van der Waals surface area contributed by atoms with E-state index in [9.17, 15) is 9.59 Å². The highest BCUT2D eigenvalue weighted by Gasteiger charge is 2.29. The Labute approximate surface area is 65.1 Å². The van der Waals surface area contributed by atoms with Gasteiger partial charge in [0.1, 0.15) is 12.4 Å². The van der Waals surface area contributed by atoms with Gasteiger partial charge in [0.25, 0.3) is 0 Å². The molecular formula is C7H11NO3. The fourth-order valence-electron chi connectivity index (χ4n) is 1.06. The van der Waals surface area contributed by atoms with Crippen molar-refractivity contribution in [3.63, 3.8) is 0 Å². The molecule has 1 rings (SSSR count). The minimum atomic E-state index is -0.306. The number of likely N-dealkylation sites (N-methyl/N-ethyl adjacent to an activating group) is 1. The number of nitrogens with zero attached hydrogens (tertiary/aromatic N) is 1. The maximum Gasteiger partial charge on any atom is 0.410 e. The van der Waals surface area contributed by atoms with Crippen LogP contribution in [-0.2, 0) is 9.53 Å². The van der Waals surface area contributed by atoms with E-state index < -0.39 is 0 Å². The van der Waals surface area contributed by atoms with E-state index in [0.717, 1.165) is 6.29 Å². The number of carbonyl (C=O) groups excluding carboxylic acids is 2. The first kappa shape index (κ1) is 8.04. The van der Waals surface area contributed by atoms with Gasteiger partial charge in [-0.05, 0) is 6.92 Å². The Morgan fingerprint density at radius 3 is 3.00 bits per heavy atom. The van der Waals surface area contributed by atoms with Crippen LogP contribution in [0.25, 0.3) is 0 Å². The quantitative estimate of drug-likeness (QED) is 0.557. The molecule has 0 aliphatic carbocycles. The molecule has 0 aromatic heterocycles. The summed E-state index contributed by atoms with van der Waals surface area (Å²) in [5, 5.41) is 0. The first-order valence-electron chi connectivity index (χ1n) is 3.67. The second kappa shape index (κ2) is 3.37. The van der Waals surface area contributed by atoms with Gasteiger partial charge in [0.05, 0.1) is 6.54 Å². The highest BCUT2D eigenvalue weighted by atomic mass is 16.6. The van der Waals surface area contributed by atoms with Crippen LogP contribution in [0, 0.1) is 0 Å². The molecule has 0 aromatic rings. The number of cyclic esters (lactones) is 1. The molecule has 1 aliphatic heterocycles. The number of amides is 1. The fourth-order valence-corrected chi connectivity index (χ4v) is 1.06. The van der Waals surface area contributed by atoms with Gasteiger partial charge < -0.3 is 14.4 Å². The maximum absolute atomic E-state index is 10.9. The summed E-state index contributed by atoms with van der Waals surface area (Å²) in [7, 11) is 0. The van der Waals surface area contributed by atoms with Gasteiger partial charge in [-0.2, -0.15) is 0 Å².